The first-order valence-electron chi connectivity index (χ1n) is 8.18. The molecule has 7 heteroatoms. The molecule has 25 heavy (non-hydrogen) atoms. The SMILES string of the molecule is COC1CC(CC(=O)O)N(C(=O)c2ccc(Cn3cccn3)cc2)C1. The molecular weight excluding hydrogens is 322 g/mol. The second-order valence-electron chi connectivity index (χ2n) is 6.20. The quantitative estimate of drug-likeness (QED) is 0.862. The van der Waals surface area contributed by atoms with Crippen LogP contribution in [0.5, 0.6) is 0 Å². The molecule has 1 N–H and O–H groups in total. The summed E-state index contributed by atoms with van der Waals surface area (Å²) in [4.78, 5) is 25.5. The number of carboxylic acids is 1. The standard InChI is InChI=1S/C18H21N3O4/c1-25-16-9-15(10-17(22)23)21(12-16)18(24)14-5-3-13(4-6-14)11-20-8-2-7-19-20/h2-8,15-16H,9-12H2,1H3,(H,22,23). The third kappa shape index (κ3) is 4.06. The van der Waals surface area contributed by atoms with Gasteiger partial charge in [-0.1, -0.05) is 12.1 Å². The Morgan fingerprint density at radius 1 is 1.32 bits per heavy atom. The third-order valence-corrected chi connectivity index (χ3v) is 4.49. The number of carboxylic acid groups (broad SMARTS) is 1. The number of rotatable bonds is 6. The zero-order valence-electron chi connectivity index (χ0n) is 14.0. The predicted molar refractivity (Wildman–Crippen MR) is 90.3 cm³/mol. The first-order chi connectivity index (χ1) is 12.1. The molecule has 1 fully saturated rings. The number of aromatic nitrogens is 2. The number of hydrogen-bond donors (Lipinski definition) is 1. The molecule has 0 radical (unpaired) electrons. The van der Waals surface area contributed by atoms with Gasteiger partial charge in [0.1, 0.15) is 0 Å². The zero-order valence-corrected chi connectivity index (χ0v) is 14.0. The lowest BCUT2D eigenvalue weighted by Gasteiger charge is -2.23. The van der Waals surface area contributed by atoms with Crippen LogP contribution in [0.25, 0.3) is 0 Å². The van der Waals surface area contributed by atoms with E-state index in [1.165, 1.54) is 0 Å². The highest BCUT2D eigenvalue weighted by atomic mass is 16.5. The van der Waals surface area contributed by atoms with Gasteiger partial charge in [-0.25, -0.2) is 0 Å². The fraction of sp³-hybridized carbons (Fsp3) is 0.389. The van der Waals surface area contributed by atoms with Crippen LogP contribution in [0.1, 0.15) is 28.8 Å². The van der Waals surface area contributed by atoms with Gasteiger partial charge in [-0.3, -0.25) is 14.3 Å². The predicted octanol–water partition coefficient (Wildman–Crippen LogP) is 1.64. The van der Waals surface area contributed by atoms with E-state index in [0.29, 0.717) is 25.1 Å². The fourth-order valence-corrected chi connectivity index (χ4v) is 3.19. The van der Waals surface area contributed by atoms with Crippen molar-refractivity contribution in [3.05, 3.63) is 53.9 Å². The molecule has 2 heterocycles. The lowest BCUT2D eigenvalue weighted by Crippen LogP contribution is -2.37. The van der Waals surface area contributed by atoms with Crippen molar-refractivity contribution >= 4 is 11.9 Å². The minimum Gasteiger partial charge on any atom is -0.481 e. The zero-order chi connectivity index (χ0) is 17.8. The maximum Gasteiger partial charge on any atom is 0.305 e. The van der Waals surface area contributed by atoms with E-state index in [1.54, 1.807) is 30.3 Å². The van der Waals surface area contributed by atoms with E-state index in [9.17, 15) is 9.59 Å². The highest BCUT2D eigenvalue weighted by molar-refractivity contribution is 5.95. The first kappa shape index (κ1) is 17.2. The Kier molecular flexibility index (Phi) is 5.14. The second-order valence-corrected chi connectivity index (χ2v) is 6.20. The van der Waals surface area contributed by atoms with Gasteiger partial charge >= 0.3 is 5.97 Å². The Morgan fingerprint density at radius 2 is 2.08 bits per heavy atom. The summed E-state index contributed by atoms with van der Waals surface area (Å²) in [5.74, 6) is -1.06. The van der Waals surface area contributed by atoms with E-state index in [1.807, 2.05) is 29.1 Å². The van der Waals surface area contributed by atoms with Crippen molar-refractivity contribution in [1.29, 1.82) is 0 Å². The number of hydrogen-bond acceptors (Lipinski definition) is 4. The molecule has 2 atom stereocenters. The normalized spacial score (nSPS) is 20.0. The van der Waals surface area contributed by atoms with Crippen LogP contribution in [0.2, 0.25) is 0 Å². The molecule has 1 saturated heterocycles. The fourth-order valence-electron chi connectivity index (χ4n) is 3.19. The van der Waals surface area contributed by atoms with Crippen LogP contribution < -0.4 is 0 Å². The number of methoxy groups -OCH3 is 1. The van der Waals surface area contributed by atoms with Crippen LogP contribution in [0, 0.1) is 0 Å². The largest absolute Gasteiger partial charge is 0.481 e. The summed E-state index contributed by atoms with van der Waals surface area (Å²) in [5, 5.41) is 13.2. The minimum atomic E-state index is -0.908. The van der Waals surface area contributed by atoms with Crippen molar-refractivity contribution in [3.63, 3.8) is 0 Å². The van der Waals surface area contributed by atoms with E-state index in [4.69, 9.17) is 9.84 Å². The van der Waals surface area contributed by atoms with E-state index < -0.39 is 5.97 Å². The van der Waals surface area contributed by atoms with E-state index in [2.05, 4.69) is 5.10 Å². The van der Waals surface area contributed by atoms with Crippen LogP contribution in [0.3, 0.4) is 0 Å². The topological polar surface area (TPSA) is 84.7 Å². The van der Waals surface area contributed by atoms with Gasteiger partial charge in [0.2, 0.25) is 0 Å². The number of nitrogens with zero attached hydrogens (tertiary/aromatic N) is 3. The van der Waals surface area contributed by atoms with Gasteiger partial charge in [0.05, 0.1) is 19.1 Å². The van der Waals surface area contributed by atoms with Gasteiger partial charge in [0, 0.05) is 37.7 Å². The molecule has 1 aliphatic rings. The van der Waals surface area contributed by atoms with Crippen molar-refractivity contribution in [2.45, 2.75) is 31.5 Å². The van der Waals surface area contributed by atoms with E-state index in [0.717, 1.165) is 5.56 Å². The molecular formula is C18H21N3O4. The third-order valence-electron chi connectivity index (χ3n) is 4.49. The van der Waals surface area contributed by atoms with E-state index >= 15 is 0 Å². The molecule has 7 nitrogen and oxygen atoms in total. The summed E-state index contributed by atoms with van der Waals surface area (Å²) in [6, 6.07) is 8.87. The highest BCUT2D eigenvalue weighted by Crippen LogP contribution is 2.25. The number of amides is 1. The van der Waals surface area contributed by atoms with Gasteiger partial charge in [0.15, 0.2) is 0 Å². The lowest BCUT2D eigenvalue weighted by molar-refractivity contribution is -0.137. The van der Waals surface area contributed by atoms with Crippen LogP contribution in [-0.2, 0) is 16.1 Å². The number of carbonyl (C=O) groups excluding carboxylic acids is 1. The van der Waals surface area contributed by atoms with Gasteiger partial charge in [0.25, 0.3) is 5.91 Å². The van der Waals surface area contributed by atoms with Crippen LogP contribution in [0.4, 0.5) is 0 Å². The van der Waals surface area contributed by atoms with Gasteiger partial charge in [-0.2, -0.15) is 5.10 Å². The van der Waals surface area contributed by atoms with Crippen LogP contribution >= 0.6 is 0 Å². The highest BCUT2D eigenvalue weighted by Gasteiger charge is 2.36. The number of ether oxygens (including phenoxy) is 1. The number of benzene rings is 1. The average molecular weight is 343 g/mol. The first-order valence-corrected chi connectivity index (χ1v) is 8.18. The summed E-state index contributed by atoms with van der Waals surface area (Å²) >= 11 is 0. The maximum absolute atomic E-state index is 12.8. The number of likely N-dealkylation sites (tertiary alicyclic amines) is 1. The Balaban J connectivity index is 1.71. The minimum absolute atomic E-state index is 0.0665. The Bertz CT molecular complexity index is 727. The van der Waals surface area contributed by atoms with Crippen molar-refractivity contribution in [3.8, 4) is 0 Å². The summed E-state index contributed by atoms with van der Waals surface area (Å²) in [6.45, 7) is 1.06. The lowest BCUT2D eigenvalue weighted by atomic mass is 10.1. The Hall–Kier alpha value is -2.67. The van der Waals surface area contributed by atoms with Gasteiger partial charge < -0.3 is 14.7 Å². The molecule has 3 rings (SSSR count). The molecule has 1 aromatic heterocycles. The molecule has 1 amide bonds. The molecule has 2 unspecified atom stereocenters. The Morgan fingerprint density at radius 3 is 2.68 bits per heavy atom. The molecule has 0 spiro atoms. The summed E-state index contributed by atoms with van der Waals surface area (Å²) < 4.78 is 7.13. The second kappa shape index (κ2) is 7.48. The molecule has 1 aromatic carbocycles. The molecule has 0 bridgehead atoms. The molecule has 2 aromatic rings. The smallest absolute Gasteiger partial charge is 0.305 e. The van der Waals surface area contributed by atoms with Crippen molar-refractivity contribution in [2.75, 3.05) is 13.7 Å². The molecule has 0 aliphatic carbocycles. The maximum atomic E-state index is 12.8. The van der Waals surface area contributed by atoms with Crippen molar-refractivity contribution in [1.82, 2.24) is 14.7 Å². The molecule has 0 saturated carbocycles. The Labute approximate surface area is 145 Å². The summed E-state index contributed by atoms with van der Waals surface area (Å²) in [7, 11) is 1.58. The molecule has 1 aliphatic heterocycles. The van der Waals surface area contributed by atoms with Crippen LogP contribution in [0.15, 0.2) is 42.7 Å². The van der Waals surface area contributed by atoms with Crippen molar-refractivity contribution < 1.29 is 19.4 Å². The van der Waals surface area contributed by atoms with Gasteiger partial charge in [-0.15, -0.1) is 0 Å². The van der Waals surface area contributed by atoms with Crippen LogP contribution in [-0.4, -0.2) is 57.5 Å². The van der Waals surface area contributed by atoms with E-state index in [-0.39, 0.29) is 24.5 Å². The number of aliphatic carboxylic acids is 1. The monoisotopic (exact) mass is 343 g/mol. The summed E-state index contributed by atoms with van der Waals surface area (Å²) in [5.41, 5.74) is 1.59. The average Bonchev–Trinajstić information content (AvgIpc) is 3.24. The summed E-state index contributed by atoms with van der Waals surface area (Å²) in [6.07, 6.45) is 3.96. The van der Waals surface area contributed by atoms with Crippen molar-refractivity contribution in [2.24, 2.45) is 0 Å². The van der Waals surface area contributed by atoms with Gasteiger partial charge in [-0.05, 0) is 30.2 Å². The number of carbonyl (C=O) groups is 2. The molecule has 132 valence electrons.